The topological polar surface area (TPSA) is 92.8 Å². The van der Waals surface area contributed by atoms with Crippen LogP contribution < -0.4 is 5.73 Å². The molecule has 0 aliphatic heterocycles. The summed E-state index contributed by atoms with van der Waals surface area (Å²) >= 11 is 0. The van der Waals surface area contributed by atoms with Crippen LogP contribution in [0.5, 0.6) is 0 Å². The van der Waals surface area contributed by atoms with Gasteiger partial charge in [-0.15, -0.1) is 0 Å². The number of carbonyl (C=O) groups excluding carboxylic acids is 1. The number of hydrogen-bond donors (Lipinski definition) is 3. The molecule has 26 heavy (non-hydrogen) atoms. The minimum absolute atomic E-state index is 0.104. The molecule has 0 bridgehead atoms. The van der Waals surface area contributed by atoms with E-state index in [0.29, 0.717) is 18.4 Å². The van der Waals surface area contributed by atoms with Gasteiger partial charge in [-0.3, -0.25) is 4.79 Å². The van der Waals surface area contributed by atoms with Crippen LogP contribution in [0.15, 0.2) is 0 Å². The van der Waals surface area contributed by atoms with E-state index in [4.69, 9.17) is 4.74 Å². The highest BCUT2D eigenvalue weighted by atomic mass is 16.5. The summed E-state index contributed by atoms with van der Waals surface area (Å²) in [5.41, 5.74) is 4.73. The van der Waals surface area contributed by atoms with Crippen LogP contribution in [0, 0.1) is 28.6 Å². The average Bonchev–Trinajstić information content (AvgIpc) is 2.92. The van der Waals surface area contributed by atoms with Gasteiger partial charge in [0.25, 0.3) is 0 Å². The van der Waals surface area contributed by atoms with E-state index in [0.717, 1.165) is 44.9 Å². The van der Waals surface area contributed by atoms with E-state index in [9.17, 15) is 15.0 Å². The van der Waals surface area contributed by atoms with Crippen LogP contribution in [0.25, 0.3) is 0 Å². The van der Waals surface area contributed by atoms with Gasteiger partial charge in [0.05, 0.1) is 18.8 Å². The van der Waals surface area contributed by atoms with Gasteiger partial charge in [-0.1, -0.05) is 13.8 Å². The molecule has 152 valence electrons. The minimum Gasteiger partial charge on any atom is -0.466 e. The monoisotopic (exact) mass is 369 g/mol. The second-order valence-electron chi connectivity index (χ2n) is 9.20. The van der Waals surface area contributed by atoms with Crippen LogP contribution in [-0.4, -0.2) is 42.0 Å². The Kier molecular flexibility index (Phi) is 7.14. The zero-order chi connectivity index (χ0) is 19.5. The second kappa shape index (κ2) is 8.57. The Morgan fingerprint density at radius 1 is 1.00 bits per heavy atom. The lowest BCUT2D eigenvalue weighted by Crippen LogP contribution is -2.48. The highest BCUT2D eigenvalue weighted by Crippen LogP contribution is 2.59. The van der Waals surface area contributed by atoms with Crippen molar-refractivity contribution in [3.05, 3.63) is 0 Å². The molecule has 7 atom stereocenters. The van der Waals surface area contributed by atoms with Crippen LogP contribution in [0.1, 0.15) is 72.1 Å². The Morgan fingerprint density at radius 3 is 2.27 bits per heavy atom. The molecule has 3 aliphatic carbocycles. The SMILES string of the molecule is CC(=O)OCC1CC(O)CCC1(C)C1CCC2(C)C(O)CCC2C1.CN. The zero-order valence-corrected chi connectivity index (χ0v) is 17.0. The molecule has 7 unspecified atom stereocenters. The molecule has 0 spiro atoms. The number of fused-ring (bicyclic) bond motifs is 1. The van der Waals surface area contributed by atoms with E-state index in [2.05, 4.69) is 19.6 Å². The fourth-order valence-electron chi connectivity index (χ4n) is 6.00. The predicted molar refractivity (Wildman–Crippen MR) is 102 cm³/mol. The summed E-state index contributed by atoms with van der Waals surface area (Å²) in [6.45, 7) is 6.52. The largest absolute Gasteiger partial charge is 0.466 e. The summed E-state index contributed by atoms with van der Waals surface area (Å²) < 4.78 is 5.35. The summed E-state index contributed by atoms with van der Waals surface area (Å²) in [5, 5.41) is 20.5. The summed E-state index contributed by atoms with van der Waals surface area (Å²) in [6.07, 6.45) is 7.71. The first-order valence-corrected chi connectivity index (χ1v) is 10.3. The standard InChI is InChI=1S/C20H34O4.CH5N/c1-13(21)24-12-16-11-17(22)7-9-19(16,2)15-6-8-20(3)14(10-15)4-5-18(20)23;1-2/h14-18,22-23H,4-12H2,1-3H3;2H2,1H3. The Labute approximate surface area is 158 Å². The zero-order valence-electron chi connectivity index (χ0n) is 17.0. The number of hydrogen-bond acceptors (Lipinski definition) is 5. The van der Waals surface area contributed by atoms with Crippen LogP contribution in [0.4, 0.5) is 0 Å². The van der Waals surface area contributed by atoms with E-state index in [1.807, 2.05) is 0 Å². The molecule has 3 aliphatic rings. The van der Waals surface area contributed by atoms with Crippen molar-refractivity contribution < 1.29 is 19.7 Å². The van der Waals surface area contributed by atoms with Crippen molar-refractivity contribution >= 4 is 5.97 Å². The van der Waals surface area contributed by atoms with Gasteiger partial charge in [-0.2, -0.15) is 0 Å². The lowest BCUT2D eigenvalue weighted by Gasteiger charge is -2.53. The first kappa shape index (κ1) is 21.6. The molecule has 3 rings (SSSR count). The number of ether oxygens (including phenoxy) is 1. The third kappa shape index (κ3) is 4.10. The van der Waals surface area contributed by atoms with Crippen molar-refractivity contribution in [3.63, 3.8) is 0 Å². The molecule has 0 amide bonds. The van der Waals surface area contributed by atoms with E-state index in [1.165, 1.54) is 20.4 Å². The highest BCUT2D eigenvalue weighted by Gasteiger charge is 2.54. The molecular weight excluding hydrogens is 330 g/mol. The lowest BCUT2D eigenvalue weighted by molar-refractivity contribution is -0.148. The molecule has 0 aromatic carbocycles. The minimum atomic E-state index is -0.263. The Morgan fingerprint density at radius 2 is 1.62 bits per heavy atom. The van der Waals surface area contributed by atoms with E-state index in [-0.39, 0.29) is 34.9 Å². The Hall–Kier alpha value is -0.650. The van der Waals surface area contributed by atoms with E-state index in [1.54, 1.807) is 0 Å². The van der Waals surface area contributed by atoms with Gasteiger partial charge in [0.15, 0.2) is 0 Å². The molecule has 4 N–H and O–H groups in total. The van der Waals surface area contributed by atoms with Crippen molar-refractivity contribution in [2.24, 2.45) is 34.3 Å². The molecule has 0 heterocycles. The van der Waals surface area contributed by atoms with Gasteiger partial charge in [0.1, 0.15) is 0 Å². The van der Waals surface area contributed by atoms with Crippen LogP contribution in [-0.2, 0) is 9.53 Å². The number of aliphatic hydroxyl groups is 2. The van der Waals surface area contributed by atoms with E-state index < -0.39 is 0 Å². The average molecular weight is 370 g/mol. The molecule has 0 aromatic rings. The van der Waals surface area contributed by atoms with Gasteiger partial charge in [0.2, 0.25) is 0 Å². The first-order chi connectivity index (χ1) is 12.3. The molecule has 5 nitrogen and oxygen atoms in total. The fourth-order valence-corrected chi connectivity index (χ4v) is 6.00. The molecule has 0 aromatic heterocycles. The van der Waals surface area contributed by atoms with Gasteiger partial charge in [-0.25, -0.2) is 0 Å². The van der Waals surface area contributed by atoms with Crippen molar-refractivity contribution in [1.82, 2.24) is 0 Å². The Bertz CT molecular complexity index is 485. The highest BCUT2D eigenvalue weighted by molar-refractivity contribution is 5.65. The van der Waals surface area contributed by atoms with Crippen LogP contribution >= 0.6 is 0 Å². The molecule has 3 fully saturated rings. The molecule has 5 heteroatoms. The lowest BCUT2D eigenvalue weighted by atomic mass is 9.53. The van der Waals surface area contributed by atoms with E-state index >= 15 is 0 Å². The summed E-state index contributed by atoms with van der Waals surface area (Å²) in [6, 6.07) is 0. The van der Waals surface area contributed by atoms with Gasteiger partial charge >= 0.3 is 5.97 Å². The van der Waals surface area contributed by atoms with Gasteiger partial charge < -0.3 is 20.7 Å². The maximum atomic E-state index is 11.3. The van der Waals surface area contributed by atoms with Gasteiger partial charge in [-0.05, 0) is 81.1 Å². The first-order valence-electron chi connectivity index (χ1n) is 10.3. The number of carbonyl (C=O) groups is 1. The summed E-state index contributed by atoms with van der Waals surface area (Å²) in [7, 11) is 1.50. The quantitative estimate of drug-likeness (QED) is 0.665. The summed E-state index contributed by atoms with van der Waals surface area (Å²) in [5.74, 6) is 1.23. The second-order valence-corrected chi connectivity index (χ2v) is 9.20. The summed E-state index contributed by atoms with van der Waals surface area (Å²) in [4.78, 5) is 11.3. The smallest absolute Gasteiger partial charge is 0.302 e. The third-order valence-electron chi connectivity index (χ3n) is 8.01. The number of nitrogens with two attached hydrogens (primary N) is 1. The molecule has 0 saturated heterocycles. The normalized spacial score (nSPS) is 45.3. The van der Waals surface area contributed by atoms with Crippen molar-refractivity contribution in [1.29, 1.82) is 0 Å². The van der Waals surface area contributed by atoms with Crippen LogP contribution in [0.2, 0.25) is 0 Å². The van der Waals surface area contributed by atoms with Crippen molar-refractivity contribution in [3.8, 4) is 0 Å². The van der Waals surface area contributed by atoms with Crippen molar-refractivity contribution in [2.45, 2.75) is 84.3 Å². The van der Waals surface area contributed by atoms with Crippen molar-refractivity contribution in [2.75, 3.05) is 13.7 Å². The predicted octanol–water partition coefficient (Wildman–Crippen LogP) is 2.87. The van der Waals surface area contributed by atoms with Gasteiger partial charge in [0, 0.05) is 12.8 Å². The molecule has 0 radical (unpaired) electrons. The Balaban J connectivity index is 0.00000117. The third-order valence-corrected chi connectivity index (χ3v) is 8.01. The molecular formula is C21H39NO4. The number of aliphatic hydroxyl groups excluding tert-OH is 2. The maximum absolute atomic E-state index is 11.3. The number of esters is 1. The van der Waals surface area contributed by atoms with Crippen LogP contribution in [0.3, 0.4) is 0 Å². The maximum Gasteiger partial charge on any atom is 0.302 e. The molecule has 3 saturated carbocycles. The fraction of sp³-hybridized carbons (Fsp3) is 0.952. The number of rotatable bonds is 3.